The first-order chi connectivity index (χ1) is 13.9. The molecule has 152 valence electrons. The Kier molecular flexibility index (Phi) is 5.17. The fraction of sp³-hybridized carbons (Fsp3) is 0.417. The summed E-state index contributed by atoms with van der Waals surface area (Å²) in [4.78, 5) is 27.0. The van der Waals surface area contributed by atoms with Gasteiger partial charge in [0.25, 0.3) is 5.91 Å². The van der Waals surface area contributed by atoms with Gasteiger partial charge in [-0.25, -0.2) is 0 Å². The predicted octanol–water partition coefficient (Wildman–Crippen LogP) is 2.59. The number of fused-ring (bicyclic) bond motifs is 1. The third kappa shape index (κ3) is 4.06. The van der Waals surface area contributed by atoms with Crippen molar-refractivity contribution >= 4 is 11.8 Å². The molecule has 2 aromatic carbocycles. The van der Waals surface area contributed by atoms with Gasteiger partial charge < -0.3 is 16.0 Å². The van der Waals surface area contributed by atoms with Crippen LogP contribution in [0.1, 0.15) is 52.2 Å². The van der Waals surface area contributed by atoms with E-state index in [1.54, 1.807) is 0 Å². The zero-order valence-corrected chi connectivity index (χ0v) is 17.2. The Balaban J connectivity index is 1.45. The van der Waals surface area contributed by atoms with Gasteiger partial charge in [0.2, 0.25) is 5.91 Å². The molecule has 3 N–H and O–H groups in total. The molecule has 0 radical (unpaired) electrons. The predicted molar refractivity (Wildman–Crippen MR) is 114 cm³/mol. The van der Waals surface area contributed by atoms with Crippen LogP contribution in [0, 0.1) is 0 Å². The molecule has 1 fully saturated rings. The summed E-state index contributed by atoms with van der Waals surface area (Å²) >= 11 is 0. The molecule has 0 aromatic heterocycles. The quantitative estimate of drug-likeness (QED) is 0.795. The topological polar surface area (TPSA) is 75.4 Å². The highest BCUT2D eigenvalue weighted by Gasteiger charge is 2.44. The number of amides is 2. The number of nitrogens with one attached hydrogen (secondary N) is 1. The van der Waals surface area contributed by atoms with Crippen LogP contribution in [0.5, 0.6) is 0 Å². The summed E-state index contributed by atoms with van der Waals surface area (Å²) < 4.78 is 0. The summed E-state index contributed by atoms with van der Waals surface area (Å²) in [5, 5.41) is 3.11. The number of benzene rings is 2. The lowest BCUT2D eigenvalue weighted by molar-refractivity contribution is -0.119. The van der Waals surface area contributed by atoms with E-state index in [1.165, 1.54) is 18.4 Å². The lowest BCUT2D eigenvalue weighted by Gasteiger charge is -2.30. The number of hydrogen-bond acceptors (Lipinski definition) is 3. The third-order valence-electron chi connectivity index (χ3n) is 6.33. The van der Waals surface area contributed by atoms with Crippen molar-refractivity contribution in [1.29, 1.82) is 0 Å². The van der Waals surface area contributed by atoms with Gasteiger partial charge in [-0.05, 0) is 68.6 Å². The number of carbonyl (C=O) groups excluding carboxylic acids is 2. The number of hydrogen-bond donors (Lipinski definition) is 2. The van der Waals surface area contributed by atoms with E-state index in [1.807, 2.05) is 36.4 Å². The minimum absolute atomic E-state index is 0.0957. The van der Waals surface area contributed by atoms with Gasteiger partial charge in [-0.1, -0.05) is 36.4 Å². The van der Waals surface area contributed by atoms with E-state index in [2.05, 4.69) is 36.4 Å². The summed E-state index contributed by atoms with van der Waals surface area (Å²) in [5.41, 5.74) is 9.92. The number of nitrogens with zero attached hydrogens (tertiary/aromatic N) is 1. The fourth-order valence-electron chi connectivity index (χ4n) is 4.74. The molecule has 2 amide bonds. The molecule has 0 bridgehead atoms. The smallest absolute Gasteiger partial charge is 0.251 e. The molecule has 29 heavy (non-hydrogen) atoms. The number of nitrogens with two attached hydrogens (primary N) is 1. The second-order valence-electron chi connectivity index (χ2n) is 8.86. The molecule has 2 aromatic rings. The summed E-state index contributed by atoms with van der Waals surface area (Å²) in [5.74, 6) is -0.786. The molecule has 1 saturated carbocycles. The molecule has 0 saturated heterocycles. The number of rotatable bonds is 6. The molecule has 0 spiro atoms. The molecular formula is C24H29N3O2. The molecule has 0 heterocycles. The van der Waals surface area contributed by atoms with Crippen LogP contribution in [0.3, 0.4) is 0 Å². The largest absolute Gasteiger partial charge is 0.369 e. The second kappa shape index (κ2) is 7.64. The van der Waals surface area contributed by atoms with Crippen LogP contribution in [0.2, 0.25) is 0 Å². The zero-order chi connectivity index (χ0) is 20.6. The number of likely N-dealkylation sites (N-methyl/N-ethyl adjacent to an activating group) is 1. The van der Waals surface area contributed by atoms with Crippen molar-refractivity contribution in [3.05, 3.63) is 70.8 Å². The SMILES string of the molecule is CN(C)CC1(c2ccc(C(=O)NC3Cc4ccccc4C(C(N)=O)C3)cc2)CC1. The van der Waals surface area contributed by atoms with Gasteiger partial charge in [-0.3, -0.25) is 9.59 Å². The van der Waals surface area contributed by atoms with Crippen LogP contribution in [0.4, 0.5) is 0 Å². The van der Waals surface area contributed by atoms with Gasteiger partial charge in [-0.2, -0.15) is 0 Å². The molecular weight excluding hydrogens is 362 g/mol. The molecule has 5 heteroatoms. The Morgan fingerprint density at radius 3 is 2.41 bits per heavy atom. The maximum Gasteiger partial charge on any atom is 0.251 e. The number of primary amides is 1. The van der Waals surface area contributed by atoms with Crippen molar-refractivity contribution in [1.82, 2.24) is 10.2 Å². The zero-order valence-electron chi connectivity index (χ0n) is 17.2. The first kappa shape index (κ1) is 19.6. The summed E-state index contributed by atoms with van der Waals surface area (Å²) in [6.07, 6.45) is 3.66. The van der Waals surface area contributed by atoms with E-state index < -0.39 is 0 Å². The first-order valence-corrected chi connectivity index (χ1v) is 10.3. The fourth-order valence-corrected chi connectivity index (χ4v) is 4.74. The Hall–Kier alpha value is -2.66. The van der Waals surface area contributed by atoms with Crippen molar-refractivity contribution in [2.75, 3.05) is 20.6 Å². The monoisotopic (exact) mass is 391 g/mol. The minimum Gasteiger partial charge on any atom is -0.369 e. The van der Waals surface area contributed by atoms with Crippen molar-refractivity contribution in [2.45, 2.75) is 43.1 Å². The average Bonchev–Trinajstić information content (AvgIpc) is 3.47. The lowest BCUT2D eigenvalue weighted by Crippen LogP contribution is -2.42. The van der Waals surface area contributed by atoms with Gasteiger partial charge in [-0.15, -0.1) is 0 Å². The van der Waals surface area contributed by atoms with E-state index in [9.17, 15) is 9.59 Å². The Labute approximate surface area is 172 Å². The molecule has 0 aliphatic heterocycles. The van der Waals surface area contributed by atoms with Crippen molar-refractivity contribution in [3.8, 4) is 0 Å². The van der Waals surface area contributed by atoms with E-state index in [0.717, 1.165) is 24.1 Å². The maximum absolute atomic E-state index is 12.8. The van der Waals surface area contributed by atoms with Crippen LogP contribution in [-0.4, -0.2) is 43.4 Å². The van der Waals surface area contributed by atoms with Gasteiger partial charge in [0, 0.05) is 23.6 Å². The summed E-state index contributed by atoms with van der Waals surface area (Å²) in [6.45, 7) is 1.04. The highest BCUT2D eigenvalue weighted by atomic mass is 16.2. The highest BCUT2D eigenvalue weighted by molar-refractivity contribution is 5.94. The van der Waals surface area contributed by atoms with E-state index >= 15 is 0 Å². The second-order valence-corrected chi connectivity index (χ2v) is 8.86. The van der Waals surface area contributed by atoms with E-state index in [4.69, 9.17) is 5.73 Å². The van der Waals surface area contributed by atoms with Crippen LogP contribution in [0.25, 0.3) is 0 Å². The van der Waals surface area contributed by atoms with E-state index in [0.29, 0.717) is 12.0 Å². The van der Waals surface area contributed by atoms with Gasteiger partial charge in [0.05, 0.1) is 5.92 Å². The molecule has 4 rings (SSSR count). The average molecular weight is 392 g/mol. The standard InChI is InChI=1S/C24H29N3O2/c1-27(2)15-24(11-12-24)18-9-7-16(8-10-18)23(29)26-19-13-17-5-3-4-6-20(17)21(14-19)22(25)28/h3-10,19,21H,11-15H2,1-2H3,(H2,25,28)(H,26,29). The summed E-state index contributed by atoms with van der Waals surface area (Å²) in [6, 6.07) is 15.8. The Bertz CT molecular complexity index is 916. The Morgan fingerprint density at radius 2 is 1.79 bits per heavy atom. The first-order valence-electron chi connectivity index (χ1n) is 10.3. The molecule has 5 nitrogen and oxygen atoms in total. The number of carbonyl (C=O) groups is 2. The van der Waals surface area contributed by atoms with E-state index in [-0.39, 0.29) is 29.2 Å². The molecule has 2 aliphatic carbocycles. The molecule has 2 aliphatic rings. The normalized spacial score (nSPS) is 22.0. The van der Waals surface area contributed by atoms with Crippen molar-refractivity contribution < 1.29 is 9.59 Å². The summed E-state index contributed by atoms with van der Waals surface area (Å²) in [7, 11) is 4.20. The van der Waals surface area contributed by atoms with Crippen LogP contribution in [-0.2, 0) is 16.6 Å². The maximum atomic E-state index is 12.8. The van der Waals surface area contributed by atoms with Gasteiger partial charge in [0.1, 0.15) is 0 Å². The minimum atomic E-state index is -0.353. The van der Waals surface area contributed by atoms with Gasteiger partial charge in [0.15, 0.2) is 0 Å². The van der Waals surface area contributed by atoms with Gasteiger partial charge >= 0.3 is 0 Å². The van der Waals surface area contributed by atoms with Crippen LogP contribution in [0.15, 0.2) is 48.5 Å². The third-order valence-corrected chi connectivity index (χ3v) is 6.33. The molecule has 2 atom stereocenters. The Morgan fingerprint density at radius 1 is 1.10 bits per heavy atom. The van der Waals surface area contributed by atoms with Crippen LogP contribution >= 0.6 is 0 Å². The molecule has 2 unspecified atom stereocenters. The van der Waals surface area contributed by atoms with Crippen LogP contribution < -0.4 is 11.1 Å². The highest BCUT2D eigenvalue weighted by Crippen LogP contribution is 2.48. The lowest BCUT2D eigenvalue weighted by atomic mass is 9.79. The van der Waals surface area contributed by atoms with Crippen molar-refractivity contribution in [2.24, 2.45) is 5.73 Å². The van der Waals surface area contributed by atoms with Crippen molar-refractivity contribution in [3.63, 3.8) is 0 Å².